The fraction of sp³-hybridized carbons (Fsp3) is 0.400. The number of nitrogens with zero attached hydrogens (tertiary/aromatic N) is 1. The van der Waals surface area contributed by atoms with Gasteiger partial charge < -0.3 is 9.47 Å². The number of aromatic nitrogens is 1. The van der Waals surface area contributed by atoms with E-state index in [4.69, 9.17) is 0 Å². The second-order valence-electron chi connectivity index (χ2n) is 3.35. The molecule has 0 amide bonds. The van der Waals surface area contributed by atoms with Gasteiger partial charge in [-0.15, -0.1) is 13.2 Å². The summed E-state index contributed by atoms with van der Waals surface area (Å²) in [6.45, 7) is 0. The van der Waals surface area contributed by atoms with Crippen molar-refractivity contribution < 1.29 is 36.2 Å². The van der Waals surface area contributed by atoms with E-state index in [9.17, 15) is 26.7 Å². The van der Waals surface area contributed by atoms with Crippen molar-refractivity contribution in [2.75, 3.05) is 7.11 Å². The summed E-state index contributed by atoms with van der Waals surface area (Å²) < 4.78 is 70.4. The van der Waals surface area contributed by atoms with Crippen LogP contribution in [0.1, 0.15) is 28.0 Å². The molecule has 1 aromatic rings. The Bertz CT molecular complexity index is 506. The Morgan fingerprint density at radius 2 is 2.05 bits per heavy atom. The van der Waals surface area contributed by atoms with Crippen LogP contribution < -0.4 is 4.74 Å². The van der Waals surface area contributed by atoms with Crippen LogP contribution in [0.4, 0.5) is 22.0 Å². The average molecular weight is 364 g/mol. The van der Waals surface area contributed by atoms with Gasteiger partial charge in [-0.1, -0.05) is 15.9 Å². The molecule has 0 aliphatic heterocycles. The second kappa shape index (κ2) is 6.33. The summed E-state index contributed by atoms with van der Waals surface area (Å²) in [6, 6.07) is 0. The molecule has 0 atom stereocenters. The van der Waals surface area contributed by atoms with Crippen molar-refractivity contribution >= 4 is 21.9 Å². The molecule has 0 spiro atoms. The molecule has 1 aromatic heterocycles. The third kappa shape index (κ3) is 3.78. The molecule has 112 valence electrons. The Labute approximate surface area is 118 Å². The van der Waals surface area contributed by atoms with Crippen LogP contribution in [0.5, 0.6) is 5.75 Å². The smallest absolute Gasteiger partial charge is 0.465 e. The van der Waals surface area contributed by atoms with E-state index in [1.165, 1.54) is 0 Å². The highest BCUT2D eigenvalue weighted by molar-refractivity contribution is 9.08. The monoisotopic (exact) mass is 363 g/mol. The predicted molar refractivity (Wildman–Crippen MR) is 59.8 cm³/mol. The fourth-order valence-corrected chi connectivity index (χ4v) is 1.74. The van der Waals surface area contributed by atoms with Crippen molar-refractivity contribution in [2.45, 2.75) is 18.1 Å². The number of alkyl halides is 6. The molecule has 4 nitrogen and oxygen atoms in total. The van der Waals surface area contributed by atoms with Crippen molar-refractivity contribution in [1.29, 1.82) is 0 Å². The zero-order valence-corrected chi connectivity index (χ0v) is 11.4. The van der Waals surface area contributed by atoms with Crippen molar-refractivity contribution in [3.8, 4) is 5.75 Å². The van der Waals surface area contributed by atoms with Crippen LogP contribution in [0.2, 0.25) is 0 Å². The van der Waals surface area contributed by atoms with Gasteiger partial charge in [-0.25, -0.2) is 13.6 Å². The Kier molecular flexibility index (Phi) is 5.26. The lowest BCUT2D eigenvalue weighted by molar-refractivity contribution is -0.275. The molecule has 1 rings (SSSR count). The van der Waals surface area contributed by atoms with Crippen LogP contribution >= 0.6 is 15.9 Å². The SMILES string of the molecule is COC(=O)c1c(C(F)F)ncc(CBr)c1OC(F)(F)F. The molecule has 0 fully saturated rings. The molecule has 0 N–H and O–H groups in total. The molecular weight excluding hydrogens is 357 g/mol. The summed E-state index contributed by atoms with van der Waals surface area (Å²) in [7, 11) is 0.843. The number of hydrogen-bond acceptors (Lipinski definition) is 4. The summed E-state index contributed by atoms with van der Waals surface area (Å²) in [4.78, 5) is 14.7. The van der Waals surface area contributed by atoms with E-state index in [1.807, 2.05) is 0 Å². The molecule has 1 heterocycles. The molecule has 0 saturated carbocycles. The summed E-state index contributed by atoms with van der Waals surface area (Å²) in [5.41, 5.74) is -2.40. The third-order valence-corrected chi connectivity index (χ3v) is 2.70. The molecule has 20 heavy (non-hydrogen) atoms. The average Bonchev–Trinajstić information content (AvgIpc) is 2.35. The largest absolute Gasteiger partial charge is 0.573 e. The van der Waals surface area contributed by atoms with E-state index >= 15 is 0 Å². The van der Waals surface area contributed by atoms with E-state index in [-0.39, 0.29) is 10.9 Å². The van der Waals surface area contributed by atoms with Gasteiger partial charge in [0, 0.05) is 17.1 Å². The molecule has 0 bridgehead atoms. The Hall–Kier alpha value is -1.45. The van der Waals surface area contributed by atoms with Gasteiger partial charge in [-0.2, -0.15) is 0 Å². The molecule has 0 unspecified atom stereocenters. The normalized spacial score (nSPS) is 11.6. The predicted octanol–water partition coefficient (Wildman–Crippen LogP) is 3.60. The van der Waals surface area contributed by atoms with Gasteiger partial charge in [0.05, 0.1) is 7.11 Å². The number of esters is 1. The second-order valence-corrected chi connectivity index (χ2v) is 3.91. The Morgan fingerprint density at radius 1 is 1.45 bits per heavy atom. The molecule has 0 aliphatic rings. The van der Waals surface area contributed by atoms with Gasteiger partial charge in [0.2, 0.25) is 0 Å². The fourth-order valence-electron chi connectivity index (χ4n) is 1.34. The third-order valence-electron chi connectivity index (χ3n) is 2.09. The zero-order valence-electron chi connectivity index (χ0n) is 9.80. The van der Waals surface area contributed by atoms with Gasteiger partial charge in [-0.05, 0) is 0 Å². The van der Waals surface area contributed by atoms with Crippen LogP contribution in [0.15, 0.2) is 6.20 Å². The molecule has 0 saturated heterocycles. The van der Waals surface area contributed by atoms with E-state index in [0.717, 1.165) is 13.3 Å². The molecule has 10 heteroatoms. The quantitative estimate of drug-likeness (QED) is 0.466. The number of rotatable bonds is 4. The summed E-state index contributed by atoms with van der Waals surface area (Å²) >= 11 is 2.86. The number of ether oxygens (including phenoxy) is 2. The van der Waals surface area contributed by atoms with Gasteiger partial charge >= 0.3 is 12.3 Å². The van der Waals surface area contributed by atoms with Crippen LogP contribution in [-0.4, -0.2) is 24.4 Å². The number of pyridine rings is 1. The summed E-state index contributed by atoms with van der Waals surface area (Å²) in [5.74, 6) is -2.44. The van der Waals surface area contributed by atoms with Crippen LogP contribution in [-0.2, 0) is 10.1 Å². The first-order chi connectivity index (χ1) is 9.21. The number of halogens is 6. The van der Waals surface area contributed by atoms with Gasteiger partial charge in [-0.3, -0.25) is 4.98 Å². The first-order valence-corrected chi connectivity index (χ1v) is 6.03. The van der Waals surface area contributed by atoms with Crippen LogP contribution in [0.25, 0.3) is 0 Å². The van der Waals surface area contributed by atoms with Gasteiger partial charge in [0.25, 0.3) is 6.43 Å². The van der Waals surface area contributed by atoms with Crippen LogP contribution in [0, 0.1) is 0 Å². The number of carbonyl (C=O) groups is 1. The number of hydrogen-bond donors (Lipinski definition) is 0. The maximum Gasteiger partial charge on any atom is 0.573 e. The van der Waals surface area contributed by atoms with Crippen molar-refractivity contribution in [2.24, 2.45) is 0 Å². The lowest BCUT2D eigenvalue weighted by atomic mass is 10.1. The summed E-state index contributed by atoms with van der Waals surface area (Å²) in [5, 5.41) is -0.182. The molecule has 0 aromatic carbocycles. The topological polar surface area (TPSA) is 48.4 Å². The van der Waals surface area contributed by atoms with Crippen molar-refractivity contribution in [3.05, 3.63) is 23.0 Å². The van der Waals surface area contributed by atoms with Crippen LogP contribution in [0.3, 0.4) is 0 Å². The first-order valence-electron chi connectivity index (χ1n) is 4.91. The Morgan fingerprint density at radius 3 is 2.45 bits per heavy atom. The van der Waals surface area contributed by atoms with E-state index in [0.29, 0.717) is 0 Å². The highest BCUT2D eigenvalue weighted by Gasteiger charge is 2.37. The van der Waals surface area contributed by atoms with E-state index < -0.39 is 35.8 Å². The molecule has 0 radical (unpaired) electrons. The minimum Gasteiger partial charge on any atom is -0.465 e. The lowest BCUT2D eigenvalue weighted by Crippen LogP contribution is -2.22. The maximum atomic E-state index is 12.8. The van der Waals surface area contributed by atoms with Crippen molar-refractivity contribution in [1.82, 2.24) is 4.98 Å². The standard InChI is InChI=1S/C10H7BrF5NO3/c1-19-9(18)5-6(8(12)13)17-3-4(2-11)7(5)20-10(14,15)16/h3,8H,2H2,1H3. The molecule has 0 aliphatic carbocycles. The minimum atomic E-state index is -5.15. The van der Waals surface area contributed by atoms with Gasteiger partial charge in [0.15, 0.2) is 5.75 Å². The zero-order chi connectivity index (χ0) is 15.5. The highest BCUT2D eigenvalue weighted by atomic mass is 79.9. The van der Waals surface area contributed by atoms with Gasteiger partial charge in [0.1, 0.15) is 11.3 Å². The summed E-state index contributed by atoms with van der Waals surface area (Å²) in [6.07, 6.45) is -7.64. The highest BCUT2D eigenvalue weighted by Crippen LogP contribution is 2.36. The first kappa shape index (κ1) is 16.6. The Balaban J connectivity index is 3.55. The molecular formula is C10H7BrF5NO3. The number of methoxy groups -OCH3 is 1. The van der Waals surface area contributed by atoms with Crippen molar-refractivity contribution in [3.63, 3.8) is 0 Å². The minimum absolute atomic E-state index is 0.182. The lowest BCUT2D eigenvalue weighted by Gasteiger charge is -2.17. The van der Waals surface area contributed by atoms with E-state index in [1.54, 1.807) is 0 Å². The number of carbonyl (C=O) groups excluding carboxylic acids is 1. The maximum absolute atomic E-state index is 12.8. The van der Waals surface area contributed by atoms with E-state index in [2.05, 4.69) is 30.4 Å².